The summed E-state index contributed by atoms with van der Waals surface area (Å²) in [5.74, 6) is 0.707. The molecule has 0 spiro atoms. The number of ether oxygens (including phenoxy) is 1. The monoisotopic (exact) mass is 228 g/mol. The van der Waals surface area contributed by atoms with Gasteiger partial charge in [0.2, 0.25) is 0 Å². The Morgan fingerprint density at radius 3 is 2.76 bits per heavy atom. The van der Waals surface area contributed by atoms with Crippen LogP contribution < -0.4 is 10.8 Å². The Balaban J connectivity index is 2.20. The van der Waals surface area contributed by atoms with Crippen molar-refractivity contribution in [3.05, 3.63) is 18.6 Å². The van der Waals surface area contributed by atoms with Gasteiger partial charge in [-0.05, 0) is 6.42 Å². The predicted octanol–water partition coefficient (Wildman–Crippen LogP) is 0.267. The molecule has 2 rings (SSSR count). The lowest BCUT2D eigenvalue weighted by Crippen LogP contribution is -2.12. The first-order valence-electron chi connectivity index (χ1n) is 5.41. The maximum Gasteiger partial charge on any atom is 0.154 e. The van der Waals surface area contributed by atoms with Crippen LogP contribution in [0.2, 0.25) is 0 Å². The maximum absolute atomic E-state index is 5.79. The van der Waals surface area contributed by atoms with E-state index in [1.165, 1.54) is 0 Å². The molecule has 5 nitrogen and oxygen atoms in total. The normalized spacial score (nSPS) is 10.6. The van der Waals surface area contributed by atoms with E-state index < -0.39 is 0 Å². The zero-order valence-corrected chi connectivity index (χ0v) is 9.68. The molecule has 0 amide bonds. The van der Waals surface area contributed by atoms with Gasteiger partial charge in [-0.15, -0.1) is 0 Å². The Kier molecular flexibility index (Phi) is 3.87. The molecule has 2 heterocycles. The summed E-state index contributed by atoms with van der Waals surface area (Å²) in [6.07, 6.45) is 5.75. The zero-order chi connectivity index (χ0) is 12.1. The molecule has 2 radical (unpaired) electrons. The molecule has 0 unspecified atom stereocenters. The van der Waals surface area contributed by atoms with E-state index >= 15 is 0 Å². The molecule has 6 heteroatoms. The topological polar surface area (TPSA) is 59.9 Å². The van der Waals surface area contributed by atoms with Crippen LogP contribution >= 0.6 is 0 Å². The van der Waals surface area contributed by atoms with E-state index in [9.17, 15) is 0 Å². The van der Waals surface area contributed by atoms with Crippen LogP contribution in [0.25, 0.3) is 11.0 Å². The Bertz CT molecular complexity index is 506. The lowest BCUT2D eigenvalue weighted by Gasteiger charge is -2.08. The first-order valence-corrected chi connectivity index (χ1v) is 5.41. The van der Waals surface area contributed by atoms with Crippen LogP contribution in [-0.2, 0) is 4.74 Å². The number of hydrogen-bond acceptors (Lipinski definition) is 5. The molecular weight excluding hydrogens is 215 g/mol. The van der Waals surface area contributed by atoms with Crippen molar-refractivity contribution in [3.8, 4) is 0 Å². The minimum Gasteiger partial charge on any atom is -0.385 e. The summed E-state index contributed by atoms with van der Waals surface area (Å²) in [5.41, 5.74) is 1.91. The minimum absolute atomic E-state index is 0.538. The van der Waals surface area contributed by atoms with Gasteiger partial charge in [-0.25, -0.2) is 9.97 Å². The second kappa shape index (κ2) is 5.59. The van der Waals surface area contributed by atoms with Crippen molar-refractivity contribution >= 4 is 30.2 Å². The molecule has 2 aromatic heterocycles. The van der Waals surface area contributed by atoms with Crippen molar-refractivity contribution in [2.75, 3.05) is 25.6 Å². The number of fused-ring (bicyclic) bond motifs is 1. The molecule has 0 aliphatic rings. The molecular formula is C11H13BN4O. The van der Waals surface area contributed by atoms with Gasteiger partial charge in [0.25, 0.3) is 0 Å². The molecule has 17 heavy (non-hydrogen) atoms. The Hall–Kier alpha value is -1.69. The lowest BCUT2D eigenvalue weighted by atomic mass is 9.97. The molecule has 0 aliphatic carbocycles. The lowest BCUT2D eigenvalue weighted by molar-refractivity contribution is 0.198. The van der Waals surface area contributed by atoms with E-state index in [0.717, 1.165) is 13.0 Å². The van der Waals surface area contributed by atoms with Gasteiger partial charge < -0.3 is 10.1 Å². The fraction of sp³-hybridized carbons (Fsp3) is 0.364. The van der Waals surface area contributed by atoms with Gasteiger partial charge in [0, 0.05) is 38.9 Å². The van der Waals surface area contributed by atoms with E-state index in [4.69, 9.17) is 12.6 Å². The van der Waals surface area contributed by atoms with Crippen molar-refractivity contribution in [1.29, 1.82) is 0 Å². The van der Waals surface area contributed by atoms with Crippen LogP contribution in [0.5, 0.6) is 0 Å². The van der Waals surface area contributed by atoms with Crippen molar-refractivity contribution in [1.82, 2.24) is 15.0 Å². The van der Waals surface area contributed by atoms with Crippen LogP contribution in [0.3, 0.4) is 0 Å². The number of nitrogens with zero attached hydrogens (tertiary/aromatic N) is 3. The summed E-state index contributed by atoms with van der Waals surface area (Å²) in [6, 6.07) is 0. The fourth-order valence-electron chi connectivity index (χ4n) is 1.53. The summed E-state index contributed by atoms with van der Waals surface area (Å²) >= 11 is 0. The van der Waals surface area contributed by atoms with E-state index in [2.05, 4.69) is 20.3 Å². The third kappa shape index (κ3) is 2.71. The molecule has 0 fully saturated rings. The second-order valence-corrected chi connectivity index (χ2v) is 3.59. The molecule has 0 saturated carbocycles. The number of methoxy groups -OCH3 is 1. The van der Waals surface area contributed by atoms with Crippen molar-refractivity contribution in [2.24, 2.45) is 0 Å². The van der Waals surface area contributed by atoms with Crippen LogP contribution in [0.4, 0.5) is 5.82 Å². The molecule has 2 aromatic rings. The van der Waals surface area contributed by atoms with Gasteiger partial charge in [-0.3, -0.25) is 4.98 Å². The average molecular weight is 228 g/mol. The number of pyridine rings is 1. The Morgan fingerprint density at radius 1 is 1.24 bits per heavy atom. The molecule has 0 aromatic carbocycles. The van der Waals surface area contributed by atoms with Gasteiger partial charge in [0.1, 0.15) is 13.4 Å². The van der Waals surface area contributed by atoms with Gasteiger partial charge in [0.05, 0.1) is 5.52 Å². The third-order valence-electron chi connectivity index (χ3n) is 2.35. The predicted molar refractivity (Wildman–Crippen MR) is 67.7 cm³/mol. The molecule has 0 bridgehead atoms. The SMILES string of the molecule is [B]c1cnc(NCCCOC)c2nccnc12. The van der Waals surface area contributed by atoms with Crippen molar-refractivity contribution in [3.63, 3.8) is 0 Å². The Labute approximate surface area is 101 Å². The molecule has 86 valence electrons. The van der Waals surface area contributed by atoms with Gasteiger partial charge in [0.15, 0.2) is 5.82 Å². The summed E-state index contributed by atoms with van der Waals surface area (Å²) in [7, 11) is 7.47. The van der Waals surface area contributed by atoms with Crippen LogP contribution in [-0.4, -0.2) is 43.1 Å². The first kappa shape index (κ1) is 11.8. The highest BCUT2D eigenvalue weighted by Crippen LogP contribution is 2.13. The van der Waals surface area contributed by atoms with Crippen LogP contribution in [0.1, 0.15) is 6.42 Å². The summed E-state index contributed by atoms with van der Waals surface area (Å²) in [4.78, 5) is 12.7. The largest absolute Gasteiger partial charge is 0.385 e. The number of nitrogens with one attached hydrogen (secondary N) is 1. The van der Waals surface area contributed by atoms with E-state index in [1.807, 2.05) is 0 Å². The smallest absolute Gasteiger partial charge is 0.154 e. The second-order valence-electron chi connectivity index (χ2n) is 3.59. The van der Waals surface area contributed by atoms with Crippen molar-refractivity contribution < 1.29 is 4.74 Å². The quantitative estimate of drug-likeness (QED) is 0.587. The molecule has 0 aliphatic heterocycles. The average Bonchev–Trinajstić information content (AvgIpc) is 2.37. The van der Waals surface area contributed by atoms with E-state index in [1.54, 1.807) is 25.7 Å². The number of aromatic nitrogens is 3. The fourth-order valence-corrected chi connectivity index (χ4v) is 1.53. The molecule has 0 saturated heterocycles. The summed E-state index contributed by atoms with van der Waals surface area (Å²) in [6.45, 7) is 1.49. The Morgan fingerprint density at radius 2 is 2.00 bits per heavy atom. The van der Waals surface area contributed by atoms with Crippen LogP contribution in [0.15, 0.2) is 18.6 Å². The summed E-state index contributed by atoms with van der Waals surface area (Å²) in [5, 5.41) is 3.20. The molecule has 0 atom stereocenters. The van der Waals surface area contributed by atoms with Crippen molar-refractivity contribution in [2.45, 2.75) is 6.42 Å². The highest BCUT2D eigenvalue weighted by molar-refractivity contribution is 6.38. The highest BCUT2D eigenvalue weighted by atomic mass is 16.5. The third-order valence-corrected chi connectivity index (χ3v) is 2.35. The first-order chi connectivity index (χ1) is 8.33. The number of rotatable bonds is 5. The summed E-state index contributed by atoms with van der Waals surface area (Å²) < 4.78 is 4.98. The van der Waals surface area contributed by atoms with E-state index in [0.29, 0.717) is 28.9 Å². The van der Waals surface area contributed by atoms with Gasteiger partial charge in [-0.2, -0.15) is 0 Å². The highest BCUT2D eigenvalue weighted by Gasteiger charge is 2.05. The van der Waals surface area contributed by atoms with Gasteiger partial charge >= 0.3 is 0 Å². The molecule has 1 N–H and O–H groups in total. The number of hydrogen-bond donors (Lipinski definition) is 1. The van der Waals surface area contributed by atoms with Crippen LogP contribution in [0, 0.1) is 0 Å². The zero-order valence-electron chi connectivity index (χ0n) is 9.68. The minimum atomic E-state index is 0.538. The van der Waals surface area contributed by atoms with E-state index in [-0.39, 0.29) is 0 Å². The standard InChI is InChI=1S/C11H13BN4O/c1-17-6-2-3-15-11-10-9(8(12)7-16-11)13-4-5-14-10/h4-5,7H,2-3,6H2,1H3,(H,15,16). The number of anilines is 1. The van der Waals surface area contributed by atoms with Gasteiger partial charge in [-0.1, -0.05) is 5.46 Å². The maximum atomic E-state index is 5.79.